The molecule has 1 fully saturated rings. The van der Waals surface area contributed by atoms with Gasteiger partial charge in [-0.3, -0.25) is 0 Å². The Kier molecular flexibility index (Phi) is 2.93. The monoisotopic (exact) mass is 213 g/mol. The highest BCUT2D eigenvalue weighted by molar-refractivity contribution is 5.60. The Labute approximate surface area is 94.0 Å². The van der Waals surface area contributed by atoms with Gasteiger partial charge in [0.2, 0.25) is 0 Å². The molecule has 4 nitrogen and oxygen atoms in total. The second-order valence-electron chi connectivity index (χ2n) is 3.65. The van der Waals surface area contributed by atoms with Crippen LogP contribution in [0.15, 0.2) is 22.1 Å². The lowest BCUT2D eigenvalue weighted by atomic mass is 10.3. The minimum Gasteiger partial charge on any atom is -0.441 e. The molecule has 0 N–H and O–H groups in total. The molecule has 0 amide bonds. The van der Waals surface area contributed by atoms with Crippen molar-refractivity contribution in [2.75, 3.05) is 18.0 Å². The number of allylic oxidation sites excluding steroid dienone is 1. The Balaban J connectivity index is 2.17. The van der Waals surface area contributed by atoms with E-state index in [1.54, 1.807) is 18.2 Å². The van der Waals surface area contributed by atoms with E-state index in [0.717, 1.165) is 19.0 Å². The second-order valence-corrected chi connectivity index (χ2v) is 3.65. The zero-order chi connectivity index (χ0) is 11.4. The molecular weight excluding hydrogens is 202 g/mol. The third kappa shape index (κ3) is 2.07. The average molecular weight is 213 g/mol. The third-order valence-corrected chi connectivity index (χ3v) is 2.56. The van der Waals surface area contributed by atoms with Crippen LogP contribution in [0.5, 0.6) is 0 Å². The fourth-order valence-corrected chi connectivity index (χ4v) is 1.76. The topological polar surface area (TPSA) is 64.0 Å². The van der Waals surface area contributed by atoms with Gasteiger partial charge in [0, 0.05) is 25.2 Å². The fourth-order valence-electron chi connectivity index (χ4n) is 1.76. The first-order valence-electron chi connectivity index (χ1n) is 5.20. The lowest BCUT2D eigenvalue weighted by Gasteiger charge is -2.12. The summed E-state index contributed by atoms with van der Waals surface area (Å²) in [4.78, 5) is 2.16. The molecule has 0 aromatic carbocycles. The summed E-state index contributed by atoms with van der Waals surface area (Å²) in [6.45, 7) is 2.03. The Bertz CT molecular complexity index is 465. The largest absolute Gasteiger partial charge is 0.441 e. The molecule has 0 radical (unpaired) electrons. The van der Waals surface area contributed by atoms with Crippen molar-refractivity contribution in [1.82, 2.24) is 0 Å². The van der Waals surface area contributed by atoms with E-state index in [4.69, 9.17) is 14.9 Å². The highest BCUT2D eigenvalue weighted by Gasteiger charge is 2.15. The molecule has 0 atom stereocenters. The van der Waals surface area contributed by atoms with Crippen LogP contribution in [0.1, 0.15) is 18.6 Å². The van der Waals surface area contributed by atoms with Crippen molar-refractivity contribution in [2.24, 2.45) is 0 Å². The van der Waals surface area contributed by atoms with E-state index in [1.807, 2.05) is 6.07 Å². The van der Waals surface area contributed by atoms with E-state index in [2.05, 4.69) is 4.90 Å². The summed E-state index contributed by atoms with van der Waals surface area (Å²) >= 11 is 0. The quantitative estimate of drug-likeness (QED) is 0.707. The first-order valence-corrected chi connectivity index (χ1v) is 5.20. The molecule has 1 aromatic heterocycles. The van der Waals surface area contributed by atoms with Crippen molar-refractivity contribution in [3.63, 3.8) is 0 Å². The van der Waals surface area contributed by atoms with Crippen LogP contribution in [0.3, 0.4) is 0 Å². The van der Waals surface area contributed by atoms with Gasteiger partial charge in [0.05, 0.1) is 0 Å². The molecule has 16 heavy (non-hydrogen) atoms. The molecule has 1 aromatic rings. The predicted octanol–water partition coefficient (Wildman–Crippen LogP) is 2.31. The highest BCUT2D eigenvalue weighted by Crippen LogP contribution is 2.23. The van der Waals surface area contributed by atoms with Crippen molar-refractivity contribution >= 4 is 12.0 Å². The SMILES string of the molecule is N#CC(C#N)=Cc1ccc(N2CCCC2)o1. The lowest BCUT2D eigenvalue weighted by Crippen LogP contribution is -2.16. The molecule has 0 bridgehead atoms. The van der Waals surface area contributed by atoms with Crippen LogP contribution in [0, 0.1) is 22.7 Å². The summed E-state index contributed by atoms with van der Waals surface area (Å²) in [7, 11) is 0. The third-order valence-electron chi connectivity index (χ3n) is 2.56. The van der Waals surface area contributed by atoms with E-state index in [0.29, 0.717) is 5.76 Å². The Morgan fingerprint density at radius 1 is 1.25 bits per heavy atom. The molecule has 1 aliphatic heterocycles. The van der Waals surface area contributed by atoms with E-state index >= 15 is 0 Å². The molecule has 4 heteroatoms. The summed E-state index contributed by atoms with van der Waals surface area (Å²) in [6.07, 6.45) is 3.83. The number of nitrogens with zero attached hydrogens (tertiary/aromatic N) is 3. The van der Waals surface area contributed by atoms with Gasteiger partial charge < -0.3 is 9.32 Å². The maximum atomic E-state index is 8.61. The summed E-state index contributed by atoms with van der Waals surface area (Å²) in [6, 6.07) is 7.27. The van der Waals surface area contributed by atoms with Crippen LogP contribution in [-0.4, -0.2) is 13.1 Å². The predicted molar refractivity (Wildman–Crippen MR) is 59.4 cm³/mol. The summed E-state index contributed by atoms with van der Waals surface area (Å²) in [5, 5.41) is 17.2. The average Bonchev–Trinajstić information content (AvgIpc) is 2.96. The van der Waals surface area contributed by atoms with Crippen LogP contribution < -0.4 is 4.90 Å². The van der Waals surface area contributed by atoms with Gasteiger partial charge in [-0.15, -0.1) is 0 Å². The molecular formula is C12H11N3O. The molecule has 1 saturated heterocycles. The van der Waals surface area contributed by atoms with Crippen molar-refractivity contribution in [3.05, 3.63) is 23.5 Å². The van der Waals surface area contributed by atoms with E-state index < -0.39 is 0 Å². The maximum Gasteiger partial charge on any atom is 0.196 e. The highest BCUT2D eigenvalue weighted by atomic mass is 16.4. The molecule has 1 aliphatic rings. The van der Waals surface area contributed by atoms with Crippen molar-refractivity contribution in [1.29, 1.82) is 10.5 Å². The van der Waals surface area contributed by atoms with Gasteiger partial charge in [-0.1, -0.05) is 0 Å². The van der Waals surface area contributed by atoms with Gasteiger partial charge in [0.25, 0.3) is 0 Å². The molecule has 80 valence electrons. The van der Waals surface area contributed by atoms with Crippen molar-refractivity contribution in [2.45, 2.75) is 12.8 Å². The Morgan fingerprint density at radius 2 is 1.94 bits per heavy atom. The van der Waals surface area contributed by atoms with Crippen LogP contribution in [0.2, 0.25) is 0 Å². The molecule has 0 aliphatic carbocycles. The van der Waals surface area contributed by atoms with Gasteiger partial charge in [-0.25, -0.2) is 0 Å². The smallest absolute Gasteiger partial charge is 0.196 e. The minimum atomic E-state index is 0.0577. The van der Waals surface area contributed by atoms with Gasteiger partial charge in [-0.05, 0) is 18.9 Å². The normalized spacial score (nSPS) is 14.2. The maximum absolute atomic E-state index is 8.61. The van der Waals surface area contributed by atoms with E-state index in [1.165, 1.54) is 18.9 Å². The minimum absolute atomic E-state index is 0.0577. The van der Waals surface area contributed by atoms with Gasteiger partial charge in [0.1, 0.15) is 23.5 Å². The number of hydrogen-bond acceptors (Lipinski definition) is 4. The van der Waals surface area contributed by atoms with Gasteiger partial charge in [-0.2, -0.15) is 10.5 Å². The van der Waals surface area contributed by atoms with E-state index in [-0.39, 0.29) is 5.57 Å². The number of rotatable bonds is 2. The van der Waals surface area contributed by atoms with E-state index in [9.17, 15) is 0 Å². The van der Waals surface area contributed by atoms with Gasteiger partial charge in [0.15, 0.2) is 5.88 Å². The zero-order valence-corrected chi connectivity index (χ0v) is 8.81. The Morgan fingerprint density at radius 3 is 2.56 bits per heavy atom. The van der Waals surface area contributed by atoms with Crippen LogP contribution >= 0.6 is 0 Å². The first kappa shape index (κ1) is 10.3. The first-order chi connectivity index (χ1) is 7.83. The number of hydrogen-bond donors (Lipinski definition) is 0. The summed E-state index contributed by atoms with van der Waals surface area (Å²) in [5.41, 5.74) is 0.0577. The van der Waals surface area contributed by atoms with Crippen molar-refractivity contribution < 1.29 is 4.42 Å². The lowest BCUT2D eigenvalue weighted by molar-refractivity contribution is 0.547. The number of furan rings is 1. The number of anilines is 1. The fraction of sp³-hybridized carbons (Fsp3) is 0.333. The van der Waals surface area contributed by atoms with Crippen LogP contribution in [-0.2, 0) is 0 Å². The molecule has 2 rings (SSSR count). The zero-order valence-electron chi connectivity index (χ0n) is 8.81. The molecule has 0 saturated carbocycles. The van der Waals surface area contributed by atoms with Gasteiger partial charge >= 0.3 is 0 Å². The van der Waals surface area contributed by atoms with Crippen LogP contribution in [0.4, 0.5) is 5.88 Å². The molecule has 0 spiro atoms. The summed E-state index contributed by atoms with van der Waals surface area (Å²) in [5.74, 6) is 1.37. The molecule has 2 heterocycles. The molecule has 0 unspecified atom stereocenters. The second kappa shape index (κ2) is 4.55. The standard InChI is InChI=1S/C12H11N3O/c13-8-10(9-14)7-11-3-4-12(16-11)15-5-1-2-6-15/h3-4,7H,1-2,5-6H2. The van der Waals surface area contributed by atoms with Crippen LogP contribution in [0.25, 0.3) is 6.08 Å². The van der Waals surface area contributed by atoms with Crippen molar-refractivity contribution in [3.8, 4) is 12.1 Å². The summed E-state index contributed by atoms with van der Waals surface area (Å²) < 4.78 is 5.55. The Hall–Kier alpha value is -2.20. The number of nitriles is 2.